The fourth-order valence-electron chi connectivity index (χ4n) is 3.80. The van der Waals surface area contributed by atoms with Crippen LogP contribution in [0.5, 0.6) is 0 Å². The summed E-state index contributed by atoms with van der Waals surface area (Å²) >= 11 is 0. The van der Waals surface area contributed by atoms with E-state index in [-0.39, 0.29) is 19.6 Å². The summed E-state index contributed by atoms with van der Waals surface area (Å²) in [6.07, 6.45) is 2.53. The summed E-state index contributed by atoms with van der Waals surface area (Å²) in [5.74, 6) is 0. The second-order valence-corrected chi connectivity index (χ2v) is 14.8. The molecule has 0 aliphatic rings. The van der Waals surface area contributed by atoms with Crippen molar-refractivity contribution in [2.45, 2.75) is 78.4 Å². The van der Waals surface area contributed by atoms with Crippen LogP contribution in [-0.4, -0.2) is 57.8 Å². The van der Waals surface area contributed by atoms with Crippen molar-refractivity contribution in [1.29, 1.82) is 0 Å². The third-order valence-corrected chi connectivity index (χ3v) is 11.6. The molecule has 0 saturated carbocycles. The van der Waals surface area contributed by atoms with Crippen molar-refractivity contribution >= 4 is 17.1 Å². The standard InChI is InChI=1S/C21H41N3O7Si2/c1-8-14-22-19(25)23(15-12-17-32(6,28-5)29-9-2)21(27)24(20(22)26)16-13-18-33(7,30-10-3)31-11-4/h8H,1,9-18H2,2-7H3. The van der Waals surface area contributed by atoms with Crippen molar-refractivity contribution in [1.82, 2.24) is 13.7 Å². The zero-order chi connectivity index (χ0) is 25.1. The van der Waals surface area contributed by atoms with Gasteiger partial charge in [-0.1, -0.05) is 6.08 Å². The van der Waals surface area contributed by atoms with Crippen LogP contribution in [0.25, 0.3) is 0 Å². The summed E-state index contributed by atoms with van der Waals surface area (Å²) in [5, 5.41) is 0. The lowest BCUT2D eigenvalue weighted by Crippen LogP contribution is -2.54. The predicted octanol–water partition coefficient (Wildman–Crippen LogP) is 2.04. The molecule has 0 radical (unpaired) electrons. The molecule has 12 heteroatoms. The first kappa shape index (κ1) is 29.5. The number of rotatable bonds is 17. The fourth-order valence-corrected chi connectivity index (χ4v) is 8.07. The first-order chi connectivity index (χ1) is 15.6. The van der Waals surface area contributed by atoms with Crippen molar-refractivity contribution < 1.29 is 17.7 Å². The molecule has 1 unspecified atom stereocenters. The van der Waals surface area contributed by atoms with E-state index in [2.05, 4.69) is 6.58 Å². The molecule has 0 aromatic carbocycles. The lowest BCUT2D eigenvalue weighted by Gasteiger charge is -2.26. The smallest absolute Gasteiger partial charge is 0.336 e. The molecule has 1 aromatic heterocycles. The minimum Gasteiger partial charge on any atom is -0.398 e. The quantitative estimate of drug-likeness (QED) is 0.237. The van der Waals surface area contributed by atoms with E-state index in [9.17, 15) is 14.4 Å². The zero-order valence-corrected chi connectivity index (χ0v) is 23.1. The third kappa shape index (κ3) is 8.30. The molecule has 1 rings (SSSR count). The maximum Gasteiger partial charge on any atom is 0.336 e. The van der Waals surface area contributed by atoms with Gasteiger partial charge in [0, 0.05) is 40.0 Å². The zero-order valence-electron chi connectivity index (χ0n) is 21.1. The molecule has 33 heavy (non-hydrogen) atoms. The van der Waals surface area contributed by atoms with Gasteiger partial charge < -0.3 is 17.7 Å². The van der Waals surface area contributed by atoms with E-state index in [1.165, 1.54) is 6.08 Å². The van der Waals surface area contributed by atoms with Crippen LogP contribution >= 0.6 is 0 Å². The Morgan fingerprint density at radius 1 is 0.758 bits per heavy atom. The number of hydrogen-bond donors (Lipinski definition) is 0. The molecule has 0 spiro atoms. The van der Waals surface area contributed by atoms with Gasteiger partial charge in [0.1, 0.15) is 0 Å². The Kier molecular flexibility index (Phi) is 12.5. The van der Waals surface area contributed by atoms with E-state index in [0.717, 1.165) is 13.7 Å². The third-order valence-electron chi connectivity index (χ3n) is 5.50. The first-order valence-electron chi connectivity index (χ1n) is 11.6. The van der Waals surface area contributed by atoms with Gasteiger partial charge in [-0.2, -0.15) is 0 Å². The van der Waals surface area contributed by atoms with Gasteiger partial charge in [-0.25, -0.2) is 28.1 Å². The predicted molar refractivity (Wildman–Crippen MR) is 133 cm³/mol. The highest BCUT2D eigenvalue weighted by Crippen LogP contribution is 2.16. The van der Waals surface area contributed by atoms with Crippen LogP contribution in [0.2, 0.25) is 25.2 Å². The maximum atomic E-state index is 13.1. The van der Waals surface area contributed by atoms with Gasteiger partial charge in [0.05, 0.1) is 6.54 Å². The van der Waals surface area contributed by atoms with Crippen molar-refractivity contribution in [2.24, 2.45) is 0 Å². The lowest BCUT2D eigenvalue weighted by atomic mass is 10.4. The Hall–Kier alpha value is -1.58. The monoisotopic (exact) mass is 503 g/mol. The molecule has 1 aromatic rings. The lowest BCUT2D eigenvalue weighted by molar-refractivity contribution is 0.187. The van der Waals surface area contributed by atoms with Gasteiger partial charge in [-0.15, -0.1) is 6.58 Å². The van der Waals surface area contributed by atoms with E-state index >= 15 is 0 Å². The van der Waals surface area contributed by atoms with Crippen LogP contribution in [0.1, 0.15) is 33.6 Å². The highest BCUT2D eigenvalue weighted by molar-refractivity contribution is 6.66. The topological polar surface area (TPSA) is 103 Å². The van der Waals surface area contributed by atoms with Crippen LogP contribution in [0.15, 0.2) is 27.0 Å². The van der Waals surface area contributed by atoms with E-state index in [0.29, 0.717) is 44.8 Å². The molecule has 0 fully saturated rings. The molecule has 0 saturated heterocycles. The Labute approximate surface area is 198 Å². The summed E-state index contributed by atoms with van der Waals surface area (Å²) in [4.78, 5) is 38.9. The molecule has 1 heterocycles. The molecular formula is C21H41N3O7Si2. The molecule has 0 aliphatic heterocycles. The SMILES string of the molecule is C=CCn1c(=O)n(CCC[Si](C)(OC)OCC)c(=O)n(CCC[Si](C)(OCC)OCC)c1=O. The van der Waals surface area contributed by atoms with Crippen LogP contribution in [0, 0.1) is 0 Å². The summed E-state index contributed by atoms with van der Waals surface area (Å²) in [6, 6.07) is 1.25. The fraction of sp³-hybridized carbons (Fsp3) is 0.762. The average molecular weight is 504 g/mol. The van der Waals surface area contributed by atoms with Gasteiger partial charge in [-0.3, -0.25) is 0 Å². The van der Waals surface area contributed by atoms with Crippen molar-refractivity contribution in [2.75, 3.05) is 26.9 Å². The van der Waals surface area contributed by atoms with E-state index in [1.807, 2.05) is 33.9 Å². The minimum atomic E-state index is -2.38. The molecule has 190 valence electrons. The van der Waals surface area contributed by atoms with E-state index in [1.54, 1.807) is 7.11 Å². The average Bonchev–Trinajstić information content (AvgIpc) is 2.76. The Balaban J connectivity index is 3.17. The molecule has 0 aliphatic carbocycles. The number of aromatic nitrogens is 3. The summed E-state index contributed by atoms with van der Waals surface area (Å²) in [7, 11) is -3.11. The van der Waals surface area contributed by atoms with Gasteiger partial charge >= 0.3 is 34.2 Å². The van der Waals surface area contributed by atoms with E-state index in [4.69, 9.17) is 17.7 Å². The van der Waals surface area contributed by atoms with Crippen molar-refractivity contribution in [3.63, 3.8) is 0 Å². The number of allylic oxidation sites excluding steroid dienone is 1. The Bertz CT molecular complexity index is 922. The van der Waals surface area contributed by atoms with Gasteiger partial charge in [0.2, 0.25) is 0 Å². The van der Waals surface area contributed by atoms with Gasteiger partial charge in [0.15, 0.2) is 0 Å². The van der Waals surface area contributed by atoms with Gasteiger partial charge in [0.25, 0.3) is 0 Å². The molecule has 10 nitrogen and oxygen atoms in total. The second kappa shape index (κ2) is 14.0. The number of nitrogens with zero attached hydrogens (tertiary/aromatic N) is 3. The van der Waals surface area contributed by atoms with E-state index < -0.39 is 34.2 Å². The van der Waals surface area contributed by atoms with Crippen LogP contribution < -0.4 is 17.1 Å². The molecule has 0 bridgehead atoms. The summed E-state index contributed by atoms with van der Waals surface area (Å²) in [5.41, 5.74) is -1.84. The van der Waals surface area contributed by atoms with Crippen LogP contribution in [-0.2, 0) is 37.3 Å². The van der Waals surface area contributed by atoms with Gasteiger partial charge in [-0.05, 0) is 58.8 Å². The second-order valence-electron chi connectivity index (χ2n) is 8.03. The largest absolute Gasteiger partial charge is 0.398 e. The normalized spacial score (nSPS) is 13.8. The molecule has 0 N–H and O–H groups in total. The molecular weight excluding hydrogens is 462 g/mol. The summed E-state index contributed by atoms with van der Waals surface area (Å²) < 4.78 is 26.3. The first-order valence-corrected chi connectivity index (χ1v) is 16.7. The maximum absolute atomic E-state index is 13.1. The number of hydrogen-bond acceptors (Lipinski definition) is 7. The van der Waals surface area contributed by atoms with Crippen molar-refractivity contribution in [3.8, 4) is 0 Å². The highest BCUT2D eigenvalue weighted by atomic mass is 28.4. The van der Waals surface area contributed by atoms with Crippen molar-refractivity contribution in [3.05, 3.63) is 44.1 Å². The van der Waals surface area contributed by atoms with Crippen LogP contribution in [0.4, 0.5) is 0 Å². The Morgan fingerprint density at radius 3 is 1.55 bits per heavy atom. The van der Waals surface area contributed by atoms with Crippen LogP contribution in [0.3, 0.4) is 0 Å². The minimum absolute atomic E-state index is 0.0335. The summed E-state index contributed by atoms with van der Waals surface area (Å²) in [6.45, 7) is 15.3. The molecule has 0 amide bonds. The highest BCUT2D eigenvalue weighted by Gasteiger charge is 2.31. The Morgan fingerprint density at radius 2 is 1.15 bits per heavy atom. The molecule has 1 atom stereocenters.